The van der Waals surface area contributed by atoms with Crippen molar-refractivity contribution < 1.29 is 4.74 Å². The Morgan fingerprint density at radius 2 is 1.77 bits per heavy atom. The summed E-state index contributed by atoms with van der Waals surface area (Å²) >= 11 is 0. The van der Waals surface area contributed by atoms with Gasteiger partial charge in [-0.05, 0) is 62.9 Å². The van der Waals surface area contributed by atoms with Gasteiger partial charge in [-0.15, -0.1) is 0 Å². The fraction of sp³-hybridized carbons (Fsp3) is 0.545. The molecule has 26 heavy (non-hydrogen) atoms. The van der Waals surface area contributed by atoms with Gasteiger partial charge in [0, 0.05) is 36.7 Å². The lowest BCUT2D eigenvalue weighted by molar-refractivity contribution is -0.104. The summed E-state index contributed by atoms with van der Waals surface area (Å²) in [7, 11) is 0. The number of hydrogen-bond donors (Lipinski definition) is 1. The molecule has 2 aromatic heterocycles. The second-order valence-corrected chi connectivity index (χ2v) is 7.91. The molecule has 138 valence electrons. The van der Waals surface area contributed by atoms with Gasteiger partial charge in [-0.1, -0.05) is 25.0 Å². The summed E-state index contributed by atoms with van der Waals surface area (Å²) in [5.74, 6) is 0. The molecule has 1 spiro atoms. The van der Waals surface area contributed by atoms with E-state index in [-0.39, 0.29) is 11.0 Å². The maximum Gasteiger partial charge on any atom is 0.0691 e. The van der Waals surface area contributed by atoms with E-state index in [9.17, 15) is 0 Å². The van der Waals surface area contributed by atoms with Crippen molar-refractivity contribution in [3.05, 3.63) is 60.2 Å². The second kappa shape index (κ2) is 7.85. The highest BCUT2D eigenvalue weighted by Crippen LogP contribution is 2.49. The predicted octanol–water partition coefficient (Wildman–Crippen LogP) is 4.02. The average molecular weight is 351 g/mol. The Balaban J connectivity index is 1.46. The molecule has 4 heteroatoms. The molecular weight excluding hydrogens is 322 g/mol. The summed E-state index contributed by atoms with van der Waals surface area (Å²) in [5.41, 5.74) is 2.56. The van der Waals surface area contributed by atoms with E-state index >= 15 is 0 Å². The van der Waals surface area contributed by atoms with Crippen molar-refractivity contribution >= 4 is 0 Å². The molecule has 1 saturated heterocycles. The molecule has 0 unspecified atom stereocenters. The van der Waals surface area contributed by atoms with Crippen LogP contribution in [0.1, 0.15) is 56.3 Å². The second-order valence-electron chi connectivity index (χ2n) is 7.91. The van der Waals surface area contributed by atoms with Gasteiger partial charge in [0.2, 0.25) is 0 Å². The van der Waals surface area contributed by atoms with Crippen LogP contribution in [0.15, 0.2) is 48.8 Å². The highest BCUT2D eigenvalue weighted by Gasteiger charge is 2.48. The van der Waals surface area contributed by atoms with Crippen LogP contribution in [0.4, 0.5) is 0 Å². The van der Waals surface area contributed by atoms with Crippen molar-refractivity contribution in [1.29, 1.82) is 0 Å². The summed E-state index contributed by atoms with van der Waals surface area (Å²) in [6.45, 7) is 2.65. The van der Waals surface area contributed by atoms with E-state index in [1.807, 2.05) is 30.6 Å². The van der Waals surface area contributed by atoms with Crippen molar-refractivity contribution in [3.63, 3.8) is 0 Å². The number of nitrogens with one attached hydrogen (secondary N) is 1. The van der Waals surface area contributed by atoms with E-state index in [0.717, 1.165) is 44.7 Å². The summed E-state index contributed by atoms with van der Waals surface area (Å²) in [5, 5.41) is 3.59. The van der Waals surface area contributed by atoms with Gasteiger partial charge in [0.15, 0.2) is 0 Å². The summed E-state index contributed by atoms with van der Waals surface area (Å²) in [6.07, 6.45) is 12.1. The van der Waals surface area contributed by atoms with Gasteiger partial charge in [0.1, 0.15) is 0 Å². The molecule has 1 saturated carbocycles. The summed E-state index contributed by atoms with van der Waals surface area (Å²) in [4.78, 5) is 9.17. The molecule has 1 atom stereocenters. The van der Waals surface area contributed by atoms with Gasteiger partial charge in [-0.3, -0.25) is 9.97 Å². The van der Waals surface area contributed by atoms with E-state index < -0.39 is 0 Å². The third-order valence-electron chi connectivity index (χ3n) is 6.19. The standard InChI is InChI=1S/C22H29N3O/c1-5-13-24-19(7-1)17-23-15-11-21(20-8-2-6-14-25-20)12-16-26-22(18-21)9-3-4-10-22/h1-2,5-8,13-14,23H,3-4,9-12,15-18H2/t21-/m0/s1. The zero-order valence-electron chi connectivity index (χ0n) is 15.5. The van der Waals surface area contributed by atoms with Crippen LogP contribution >= 0.6 is 0 Å². The molecule has 2 aromatic rings. The molecule has 2 fully saturated rings. The first kappa shape index (κ1) is 17.6. The van der Waals surface area contributed by atoms with E-state index in [1.165, 1.54) is 31.4 Å². The van der Waals surface area contributed by atoms with Gasteiger partial charge >= 0.3 is 0 Å². The van der Waals surface area contributed by atoms with Crippen LogP contribution in [0.5, 0.6) is 0 Å². The molecule has 0 amide bonds. The lowest BCUT2D eigenvalue weighted by atomic mass is 9.68. The third kappa shape index (κ3) is 3.81. The van der Waals surface area contributed by atoms with Crippen molar-refractivity contribution in [2.45, 2.75) is 62.5 Å². The van der Waals surface area contributed by atoms with Crippen LogP contribution in [-0.4, -0.2) is 28.7 Å². The van der Waals surface area contributed by atoms with E-state index in [4.69, 9.17) is 9.72 Å². The average Bonchev–Trinajstić information content (AvgIpc) is 3.14. The van der Waals surface area contributed by atoms with Crippen molar-refractivity contribution in [1.82, 2.24) is 15.3 Å². The van der Waals surface area contributed by atoms with Crippen LogP contribution in [0.2, 0.25) is 0 Å². The van der Waals surface area contributed by atoms with Crippen LogP contribution < -0.4 is 5.32 Å². The van der Waals surface area contributed by atoms with Gasteiger partial charge < -0.3 is 10.1 Å². The van der Waals surface area contributed by atoms with Gasteiger partial charge in [-0.2, -0.15) is 0 Å². The minimum absolute atomic E-state index is 0.0940. The molecule has 1 N–H and O–H groups in total. The van der Waals surface area contributed by atoms with Gasteiger partial charge in [-0.25, -0.2) is 0 Å². The van der Waals surface area contributed by atoms with Crippen molar-refractivity contribution in [2.24, 2.45) is 0 Å². The first-order valence-electron chi connectivity index (χ1n) is 9.97. The number of pyridine rings is 2. The maximum atomic E-state index is 6.32. The monoisotopic (exact) mass is 351 g/mol. The normalized spacial score (nSPS) is 24.8. The molecule has 1 aliphatic carbocycles. The SMILES string of the molecule is c1ccc(CNCC[C@]2(c3ccccn3)CCOC3(CCCC3)C2)nc1. The van der Waals surface area contributed by atoms with E-state index in [1.54, 1.807) is 0 Å². The first-order chi connectivity index (χ1) is 12.8. The number of rotatable bonds is 6. The Labute approximate surface area is 156 Å². The molecule has 3 heterocycles. The zero-order valence-corrected chi connectivity index (χ0v) is 15.5. The number of nitrogens with zero attached hydrogens (tertiary/aromatic N) is 2. The van der Waals surface area contributed by atoms with Crippen LogP contribution in [-0.2, 0) is 16.7 Å². The molecule has 1 aliphatic heterocycles. The smallest absolute Gasteiger partial charge is 0.0691 e. The predicted molar refractivity (Wildman–Crippen MR) is 103 cm³/mol. The number of aromatic nitrogens is 2. The van der Waals surface area contributed by atoms with Crippen molar-refractivity contribution in [3.8, 4) is 0 Å². The quantitative estimate of drug-likeness (QED) is 0.799. The van der Waals surface area contributed by atoms with E-state index in [0.29, 0.717) is 0 Å². The third-order valence-corrected chi connectivity index (χ3v) is 6.19. The number of ether oxygens (including phenoxy) is 1. The Hall–Kier alpha value is -1.78. The number of hydrogen-bond acceptors (Lipinski definition) is 4. The highest BCUT2D eigenvalue weighted by atomic mass is 16.5. The topological polar surface area (TPSA) is 47.0 Å². The van der Waals surface area contributed by atoms with Crippen molar-refractivity contribution in [2.75, 3.05) is 13.2 Å². The van der Waals surface area contributed by atoms with Crippen LogP contribution in [0.25, 0.3) is 0 Å². The van der Waals surface area contributed by atoms with E-state index in [2.05, 4.69) is 28.5 Å². The molecule has 0 bridgehead atoms. The fourth-order valence-electron chi connectivity index (χ4n) is 4.84. The Morgan fingerprint density at radius 3 is 2.50 bits per heavy atom. The Kier molecular flexibility index (Phi) is 5.32. The minimum atomic E-state index is 0.0940. The lowest BCUT2D eigenvalue weighted by Crippen LogP contribution is -2.47. The van der Waals surface area contributed by atoms with Crippen LogP contribution in [0.3, 0.4) is 0 Å². The summed E-state index contributed by atoms with van der Waals surface area (Å²) in [6, 6.07) is 12.4. The fourth-order valence-corrected chi connectivity index (χ4v) is 4.84. The lowest BCUT2D eigenvalue weighted by Gasteiger charge is -2.46. The van der Waals surface area contributed by atoms with Gasteiger partial charge in [0.05, 0.1) is 11.3 Å². The maximum absolute atomic E-state index is 6.32. The largest absolute Gasteiger partial charge is 0.375 e. The zero-order chi connectivity index (χ0) is 17.7. The molecule has 2 aliphatic rings. The summed E-state index contributed by atoms with van der Waals surface area (Å²) < 4.78 is 6.32. The molecule has 4 nitrogen and oxygen atoms in total. The Bertz CT molecular complexity index is 685. The molecule has 4 rings (SSSR count). The Morgan fingerprint density at radius 1 is 0.962 bits per heavy atom. The minimum Gasteiger partial charge on any atom is -0.375 e. The van der Waals surface area contributed by atoms with Crippen LogP contribution in [0, 0.1) is 0 Å². The highest BCUT2D eigenvalue weighted by molar-refractivity contribution is 5.20. The molecule has 0 aromatic carbocycles. The molecule has 0 radical (unpaired) electrons. The van der Waals surface area contributed by atoms with Gasteiger partial charge in [0.25, 0.3) is 0 Å². The first-order valence-corrected chi connectivity index (χ1v) is 9.97. The molecular formula is C22H29N3O.